The van der Waals surface area contributed by atoms with Gasteiger partial charge in [-0.2, -0.15) is 0 Å². The quantitative estimate of drug-likeness (QED) is 0.415. The standard InChI is InChI=1S/C7H11N3O2S2/c1-2-8-6(13)10-7-9-5(3-12-11)4-14-7/h4,11H,2-3H2,1H3,(H2,8,9,10,13). The van der Waals surface area contributed by atoms with Crippen LogP contribution in [0, 0.1) is 0 Å². The molecule has 14 heavy (non-hydrogen) atoms. The zero-order chi connectivity index (χ0) is 10.4. The van der Waals surface area contributed by atoms with E-state index in [2.05, 4.69) is 20.5 Å². The number of rotatable bonds is 4. The summed E-state index contributed by atoms with van der Waals surface area (Å²) >= 11 is 6.38. The van der Waals surface area contributed by atoms with Crippen molar-refractivity contribution < 1.29 is 10.1 Å². The molecule has 7 heteroatoms. The highest BCUT2D eigenvalue weighted by molar-refractivity contribution is 7.80. The number of nitrogens with zero attached hydrogens (tertiary/aromatic N) is 1. The molecule has 5 nitrogen and oxygen atoms in total. The van der Waals surface area contributed by atoms with Crippen molar-refractivity contribution in [3.8, 4) is 0 Å². The monoisotopic (exact) mass is 233 g/mol. The second-order valence-electron chi connectivity index (χ2n) is 2.40. The van der Waals surface area contributed by atoms with Crippen LogP contribution in [0.1, 0.15) is 12.6 Å². The molecule has 0 bridgehead atoms. The van der Waals surface area contributed by atoms with Crippen LogP contribution in [-0.2, 0) is 11.5 Å². The first-order valence-electron chi connectivity index (χ1n) is 4.02. The van der Waals surface area contributed by atoms with E-state index in [0.29, 0.717) is 15.9 Å². The SMILES string of the molecule is CCNC(=S)Nc1nc(COO)cs1. The van der Waals surface area contributed by atoms with Gasteiger partial charge in [-0.3, -0.25) is 5.26 Å². The van der Waals surface area contributed by atoms with E-state index in [0.717, 1.165) is 6.54 Å². The van der Waals surface area contributed by atoms with Crippen LogP contribution in [0.25, 0.3) is 0 Å². The second-order valence-corrected chi connectivity index (χ2v) is 3.67. The highest BCUT2D eigenvalue weighted by atomic mass is 32.1. The Morgan fingerprint density at radius 1 is 1.79 bits per heavy atom. The third-order valence-electron chi connectivity index (χ3n) is 1.32. The van der Waals surface area contributed by atoms with Gasteiger partial charge in [0, 0.05) is 11.9 Å². The Labute approximate surface area is 91.0 Å². The first-order valence-corrected chi connectivity index (χ1v) is 5.30. The maximum atomic E-state index is 8.20. The minimum Gasteiger partial charge on any atom is -0.363 e. The van der Waals surface area contributed by atoms with Crippen LogP contribution in [0.3, 0.4) is 0 Å². The van der Waals surface area contributed by atoms with Gasteiger partial charge in [-0.15, -0.1) is 11.3 Å². The number of anilines is 1. The van der Waals surface area contributed by atoms with E-state index in [1.165, 1.54) is 11.3 Å². The lowest BCUT2D eigenvalue weighted by Crippen LogP contribution is -2.27. The zero-order valence-corrected chi connectivity index (χ0v) is 9.24. The molecule has 0 aliphatic rings. The first kappa shape index (κ1) is 11.3. The van der Waals surface area contributed by atoms with Crippen molar-refractivity contribution >= 4 is 33.8 Å². The lowest BCUT2D eigenvalue weighted by atomic mass is 10.5. The molecule has 1 aromatic heterocycles. The van der Waals surface area contributed by atoms with E-state index in [4.69, 9.17) is 17.5 Å². The van der Waals surface area contributed by atoms with Crippen LogP contribution in [0.15, 0.2) is 5.38 Å². The summed E-state index contributed by atoms with van der Waals surface area (Å²) in [5.41, 5.74) is 0.666. The number of thiocarbonyl (C=S) groups is 1. The Morgan fingerprint density at radius 2 is 2.57 bits per heavy atom. The van der Waals surface area contributed by atoms with Crippen molar-refractivity contribution in [3.05, 3.63) is 11.1 Å². The van der Waals surface area contributed by atoms with Crippen LogP contribution >= 0.6 is 23.6 Å². The Kier molecular flexibility index (Phi) is 4.74. The van der Waals surface area contributed by atoms with E-state index in [1.54, 1.807) is 5.38 Å². The Bertz CT molecular complexity index is 303. The van der Waals surface area contributed by atoms with E-state index < -0.39 is 0 Å². The van der Waals surface area contributed by atoms with Crippen molar-refractivity contribution in [2.75, 3.05) is 11.9 Å². The highest BCUT2D eigenvalue weighted by Crippen LogP contribution is 2.15. The van der Waals surface area contributed by atoms with Gasteiger partial charge in [-0.05, 0) is 19.1 Å². The summed E-state index contributed by atoms with van der Waals surface area (Å²) in [6.07, 6.45) is 0. The van der Waals surface area contributed by atoms with Crippen molar-refractivity contribution in [2.24, 2.45) is 0 Å². The molecule has 0 fully saturated rings. The molecule has 1 aromatic rings. The maximum absolute atomic E-state index is 8.20. The molecule has 0 atom stereocenters. The topological polar surface area (TPSA) is 66.4 Å². The fraction of sp³-hybridized carbons (Fsp3) is 0.429. The van der Waals surface area contributed by atoms with Crippen LogP contribution in [0.4, 0.5) is 5.13 Å². The lowest BCUT2D eigenvalue weighted by molar-refractivity contribution is -0.253. The average molecular weight is 233 g/mol. The van der Waals surface area contributed by atoms with Gasteiger partial charge < -0.3 is 10.6 Å². The summed E-state index contributed by atoms with van der Waals surface area (Å²) in [5.74, 6) is 0. The Hall–Kier alpha value is -0.760. The van der Waals surface area contributed by atoms with Gasteiger partial charge >= 0.3 is 0 Å². The fourth-order valence-electron chi connectivity index (χ4n) is 0.799. The van der Waals surface area contributed by atoms with Crippen LogP contribution in [0.5, 0.6) is 0 Å². The van der Waals surface area contributed by atoms with Gasteiger partial charge in [-0.25, -0.2) is 9.87 Å². The second kappa shape index (κ2) is 5.86. The third kappa shape index (κ3) is 3.54. The summed E-state index contributed by atoms with van der Waals surface area (Å²) in [7, 11) is 0. The van der Waals surface area contributed by atoms with Gasteiger partial charge in [0.15, 0.2) is 10.2 Å². The number of hydrogen-bond donors (Lipinski definition) is 3. The van der Waals surface area contributed by atoms with Gasteiger partial charge in [0.2, 0.25) is 0 Å². The summed E-state index contributed by atoms with van der Waals surface area (Å²) < 4.78 is 0. The van der Waals surface area contributed by atoms with E-state index in [1.807, 2.05) is 6.92 Å². The largest absolute Gasteiger partial charge is 0.363 e. The van der Waals surface area contributed by atoms with E-state index in [9.17, 15) is 0 Å². The molecule has 0 aromatic carbocycles. The van der Waals surface area contributed by atoms with Crippen molar-refractivity contribution in [2.45, 2.75) is 13.5 Å². The van der Waals surface area contributed by atoms with Gasteiger partial charge in [-0.1, -0.05) is 0 Å². The van der Waals surface area contributed by atoms with E-state index in [-0.39, 0.29) is 6.61 Å². The average Bonchev–Trinajstić information content (AvgIpc) is 2.53. The minimum absolute atomic E-state index is 0.0894. The zero-order valence-electron chi connectivity index (χ0n) is 7.61. The molecule has 0 saturated heterocycles. The molecule has 0 aliphatic carbocycles. The molecule has 0 aliphatic heterocycles. The molecule has 1 heterocycles. The van der Waals surface area contributed by atoms with Gasteiger partial charge in [0.05, 0.1) is 5.69 Å². The molecule has 1 rings (SSSR count). The van der Waals surface area contributed by atoms with Crippen molar-refractivity contribution in [3.63, 3.8) is 0 Å². The Morgan fingerprint density at radius 3 is 3.21 bits per heavy atom. The highest BCUT2D eigenvalue weighted by Gasteiger charge is 2.02. The molecule has 78 valence electrons. The molecular weight excluding hydrogens is 222 g/mol. The Balaban J connectivity index is 2.46. The molecule has 0 radical (unpaired) electrons. The normalized spacial score (nSPS) is 9.86. The van der Waals surface area contributed by atoms with E-state index >= 15 is 0 Å². The van der Waals surface area contributed by atoms with Crippen LogP contribution in [0.2, 0.25) is 0 Å². The summed E-state index contributed by atoms with van der Waals surface area (Å²) in [4.78, 5) is 8.08. The fourth-order valence-corrected chi connectivity index (χ4v) is 1.80. The molecular formula is C7H11N3O2S2. The third-order valence-corrected chi connectivity index (χ3v) is 2.37. The van der Waals surface area contributed by atoms with Crippen molar-refractivity contribution in [1.82, 2.24) is 10.3 Å². The van der Waals surface area contributed by atoms with Gasteiger partial charge in [0.1, 0.15) is 6.61 Å². The molecule has 3 N–H and O–H groups in total. The molecule has 0 spiro atoms. The number of thiazole rings is 1. The number of hydrogen-bond acceptors (Lipinski definition) is 5. The van der Waals surface area contributed by atoms with Crippen molar-refractivity contribution in [1.29, 1.82) is 0 Å². The smallest absolute Gasteiger partial charge is 0.189 e. The summed E-state index contributed by atoms with van der Waals surface area (Å²) in [6.45, 7) is 2.82. The minimum atomic E-state index is 0.0894. The maximum Gasteiger partial charge on any atom is 0.189 e. The summed E-state index contributed by atoms with van der Waals surface area (Å²) in [5, 5.41) is 17.1. The van der Waals surface area contributed by atoms with Crippen LogP contribution < -0.4 is 10.6 Å². The predicted molar refractivity (Wildman–Crippen MR) is 59.4 cm³/mol. The van der Waals surface area contributed by atoms with Crippen LogP contribution in [-0.4, -0.2) is 21.9 Å². The molecule has 0 unspecified atom stereocenters. The number of aromatic nitrogens is 1. The molecule has 0 saturated carbocycles. The molecule has 0 amide bonds. The first-order chi connectivity index (χ1) is 6.76. The lowest BCUT2D eigenvalue weighted by Gasteiger charge is -2.04. The summed E-state index contributed by atoms with van der Waals surface area (Å²) in [6, 6.07) is 0. The predicted octanol–water partition coefficient (Wildman–Crippen LogP) is 1.44. The number of nitrogens with one attached hydrogen (secondary N) is 2. The van der Waals surface area contributed by atoms with Gasteiger partial charge in [0.25, 0.3) is 0 Å².